The van der Waals surface area contributed by atoms with E-state index in [0.717, 1.165) is 36.0 Å². The number of aliphatic hydroxyl groups excluding tert-OH is 2. The van der Waals surface area contributed by atoms with Gasteiger partial charge in [0.15, 0.2) is 0 Å². The number of rotatable bonds is 8. The van der Waals surface area contributed by atoms with Crippen LogP contribution in [0.2, 0.25) is 0 Å². The van der Waals surface area contributed by atoms with Gasteiger partial charge in [0.25, 0.3) is 6.47 Å². The number of hydrogen-bond donors (Lipinski definition) is 2. The van der Waals surface area contributed by atoms with Gasteiger partial charge in [0.2, 0.25) is 0 Å². The molecule has 4 aliphatic carbocycles. The Labute approximate surface area is 234 Å². The summed E-state index contributed by atoms with van der Waals surface area (Å²) < 4.78 is 11.9. The quantitative estimate of drug-likeness (QED) is 0.198. The highest BCUT2D eigenvalue weighted by Crippen LogP contribution is 2.72. The number of carbonyl (C=O) groups is 2. The van der Waals surface area contributed by atoms with Crippen molar-refractivity contribution in [3.05, 3.63) is 35.1 Å². The SMILES string of the molecule is C=C(CCC(OC=O)[C@H]1C[C@H](OC(C)=O)[C@@]2(C)C3=C(O)C[C@H]4C(C)(C)[C@@H](O)CC[C@]4(C)C3=CC[C@]12C)C(C)C. The van der Waals surface area contributed by atoms with Crippen LogP contribution in [0.1, 0.15) is 100 Å². The van der Waals surface area contributed by atoms with E-state index < -0.39 is 23.0 Å². The van der Waals surface area contributed by atoms with E-state index in [4.69, 9.17) is 9.47 Å². The number of allylic oxidation sites excluding steroid dienone is 4. The normalized spacial score (nSPS) is 39.7. The molecule has 8 atom stereocenters. The average molecular weight is 543 g/mol. The summed E-state index contributed by atoms with van der Waals surface area (Å²) in [4.78, 5) is 24.1. The van der Waals surface area contributed by atoms with E-state index in [2.05, 4.69) is 61.1 Å². The van der Waals surface area contributed by atoms with Gasteiger partial charge in [-0.25, -0.2) is 0 Å². The predicted molar refractivity (Wildman–Crippen MR) is 152 cm³/mol. The molecule has 2 N–H and O–H groups in total. The molecule has 0 bridgehead atoms. The number of esters is 1. The van der Waals surface area contributed by atoms with Gasteiger partial charge in [0.05, 0.1) is 11.9 Å². The number of aliphatic hydroxyl groups is 2. The first kappa shape index (κ1) is 29.9. The molecule has 0 heterocycles. The molecule has 0 saturated heterocycles. The largest absolute Gasteiger partial charge is 0.512 e. The van der Waals surface area contributed by atoms with Gasteiger partial charge in [-0.05, 0) is 72.2 Å². The topological polar surface area (TPSA) is 93.1 Å². The van der Waals surface area contributed by atoms with Gasteiger partial charge in [-0.1, -0.05) is 66.7 Å². The minimum atomic E-state index is -0.661. The van der Waals surface area contributed by atoms with Gasteiger partial charge in [-0.15, -0.1) is 0 Å². The first-order valence-corrected chi connectivity index (χ1v) is 14.8. The van der Waals surface area contributed by atoms with Crippen molar-refractivity contribution in [1.29, 1.82) is 0 Å². The number of fused-ring (bicyclic) bond motifs is 5. The van der Waals surface area contributed by atoms with Crippen molar-refractivity contribution in [2.75, 3.05) is 0 Å². The van der Waals surface area contributed by atoms with Gasteiger partial charge in [0, 0.05) is 30.3 Å². The van der Waals surface area contributed by atoms with E-state index in [1.807, 2.05) is 0 Å². The first-order valence-electron chi connectivity index (χ1n) is 14.8. The zero-order valence-electron chi connectivity index (χ0n) is 25.3. The first-order chi connectivity index (χ1) is 18.1. The van der Waals surface area contributed by atoms with Crippen LogP contribution in [-0.2, 0) is 19.1 Å². The molecule has 39 heavy (non-hydrogen) atoms. The third-order valence-electron chi connectivity index (χ3n) is 12.0. The molecule has 0 aliphatic heterocycles. The second-order valence-corrected chi connectivity index (χ2v) is 14.4. The summed E-state index contributed by atoms with van der Waals surface area (Å²) in [7, 11) is 0. The second-order valence-electron chi connectivity index (χ2n) is 14.4. The number of ether oxygens (including phenoxy) is 2. The summed E-state index contributed by atoms with van der Waals surface area (Å²) in [6.45, 7) is 21.3. The Bertz CT molecular complexity index is 1080. The van der Waals surface area contributed by atoms with Crippen molar-refractivity contribution in [2.45, 2.75) is 119 Å². The maximum Gasteiger partial charge on any atom is 0.302 e. The lowest BCUT2D eigenvalue weighted by Crippen LogP contribution is -2.57. The molecular formula is C33H50O6. The second kappa shape index (κ2) is 10.1. The Kier molecular flexibility index (Phi) is 7.73. The van der Waals surface area contributed by atoms with Crippen molar-refractivity contribution >= 4 is 12.4 Å². The van der Waals surface area contributed by atoms with E-state index in [-0.39, 0.29) is 34.7 Å². The van der Waals surface area contributed by atoms with Crippen LogP contribution in [0.4, 0.5) is 0 Å². The molecule has 1 unspecified atom stereocenters. The molecule has 6 heteroatoms. The van der Waals surface area contributed by atoms with Gasteiger partial charge >= 0.3 is 5.97 Å². The smallest absolute Gasteiger partial charge is 0.302 e. The third-order valence-corrected chi connectivity index (χ3v) is 12.0. The Morgan fingerprint density at radius 3 is 2.49 bits per heavy atom. The monoisotopic (exact) mass is 542 g/mol. The van der Waals surface area contributed by atoms with E-state index >= 15 is 0 Å². The van der Waals surface area contributed by atoms with Crippen molar-refractivity contribution in [2.24, 2.45) is 39.4 Å². The lowest BCUT2D eigenvalue weighted by Gasteiger charge is -2.61. The average Bonchev–Trinajstić information content (AvgIpc) is 3.07. The molecular weight excluding hydrogens is 492 g/mol. The third kappa shape index (κ3) is 4.40. The maximum atomic E-state index is 12.4. The maximum absolute atomic E-state index is 12.4. The van der Waals surface area contributed by atoms with E-state index in [0.29, 0.717) is 43.8 Å². The highest BCUT2D eigenvalue weighted by atomic mass is 16.5. The van der Waals surface area contributed by atoms with Gasteiger partial charge in [-0.3, -0.25) is 9.59 Å². The predicted octanol–water partition coefficient (Wildman–Crippen LogP) is 6.83. The molecule has 4 aliphatic rings. The molecule has 0 aromatic rings. The van der Waals surface area contributed by atoms with Gasteiger partial charge in [0.1, 0.15) is 12.2 Å². The van der Waals surface area contributed by atoms with Crippen LogP contribution in [-0.4, -0.2) is 41.0 Å². The van der Waals surface area contributed by atoms with Crippen molar-refractivity contribution in [3.63, 3.8) is 0 Å². The van der Waals surface area contributed by atoms with Crippen LogP contribution in [0, 0.1) is 39.4 Å². The van der Waals surface area contributed by atoms with Crippen molar-refractivity contribution in [3.8, 4) is 0 Å². The van der Waals surface area contributed by atoms with Crippen molar-refractivity contribution < 1.29 is 29.3 Å². The molecule has 4 rings (SSSR count). The summed E-state index contributed by atoms with van der Waals surface area (Å²) in [6, 6.07) is 0. The Hall–Kier alpha value is -2.08. The fraction of sp³-hybridized carbons (Fsp3) is 0.758. The fourth-order valence-electron chi connectivity index (χ4n) is 9.08. The molecule has 2 fully saturated rings. The summed E-state index contributed by atoms with van der Waals surface area (Å²) in [6.07, 6.45) is 5.82. The van der Waals surface area contributed by atoms with Crippen molar-refractivity contribution in [1.82, 2.24) is 0 Å². The molecule has 0 radical (unpaired) electrons. The summed E-state index contributed by atoms with van der Waals surface area (Å²) >= 11 is 0. The van der Waals surface area contributed by atoms with E-state index in [1.165, 1.54) is 6.92 Å². The molecule has 0 aromatic carbocycles. The Morgan fingerprint density at radius 1 is 1.23 bits per heavy atom. The molecule has 0 spiro atoms. The lowest BCUT2D eigenvalue weighted by molar-refractivity contribution is -0.153. The summed E-state index contributed by atoms with van der Waals surface area (Å²) in [5.41, 5.74) is 1.55. The van der Waals surface area contributed by atoms with Crippen LogP contribution < -0.4 is 0 Å². The van der Waals surface area contributed by atoms with Gasteiger partial charge in [-0.2, -0.15) is 0 Å². The fourth-order valence-corrected chi connectivity index (χ4v) is 9.08. The van der Waals surface area contributed by atoms with Crippen LogP contribution in [0.25, 0.3) is 0 Å². The van der Waals surface area contributed by atoms with Crippen LogP contribution in [0.3, 0.4) is 0 Å². The zero-order valence-corrected chi connectivity index (χ0v) is 25.3. The summed E-state index contributed by atoms with van der Waals surface area (Å²) in [5, 5.41) is 22.7. The van der Waals surface area contributed by atoms with E-state index in [1.54, 1.807) is 0 Å². The number of carbonyl (C=O) groups excluding carboxylic acids is 2. The van der Waals surface area contributed by atoms with Crippen LogP contribution in [0.5, 0.6) is 0 Å². The van der Waals surface area contributed by atoms with Gasteiger partial charge < -0.3 is 19.7 Å². The molecule has 6 nitrogen and oxygen atoms in total. The molecule has 0 amide bonds. The van der Waals surface area contributed by atoms with Crippen LogP contribution >= 0.6 is 0 Å². The highest BCUT2D eigenvalue weighted by molar-refractivity contribution is 5.67. The standard InChI is InChI=1S/C33H50O6/c1-19(2)20(3)10-11-25(38-18-34)23-16-28(39-21(4)35)33(9)29-22(12-15-32(23,33)8)31(7)14-13-27(37)30(5,6)26(31)17-24(29)36/h12,18-19,23,25-28,36-37H,3,10-11,13-17H2,1-2,4-9H3/t23-,25?,26+,27+,28+,31-,32-,33+/m1/s1. The molecule has 2 saturated carbocycles. The number of hydrogen-bond acceptors (Lipinski definition) is 6. The Morgan fingerprint density at radius 2 is 1.90 bits per heavy atom. The molecule has 0 aromatic heterocycles. The Balaban J connectivity index is 1.83. The summed E-state index contributed by atoms with van der Waals surface area (Å²) in [5.74, 6) is 0.373. The minimum Gasteiger partial charge on any atom is -0.512 e. The van der Waals surface area contributed by atoms with Crippen LogP contribution in [0.15, 0.2) is 35.1 Å². The minimum absolute atomic E-state index is 0.0646. The zero-order chi connectivity index (χ0) is 29.1. The highest BCUT2D eigenvalue weighted by Gasteiger charge is 2.69. The van der Waals surface area contributed by atoms with E-state index in [9.17, 15) is 19.8 Å². The molecule has 218 valence electrons. The lowest BCUT2D eigenvalue weighted by atomic mass is 9.43.